The summed E-state index contributed by atoms with van der Waals surface area (Å²) < 4.78 is 27.2. The van der Waals surface area contributed by atoms with E-state index < -0.39 is 16.0 Å². The SMILES string of the molecule is CC(C)(C)CC(=O)OCC(=O)NCCc1ccc(S(N)(=O)=O)cc1. The Kier molecular flexibility index (Phi) is 6.92. The zero-order valence-corrected chi connectivity index (χ0v) is 15.0. The molecule has 0 aliphatic carbocycles. The lowest BCUT2D eigenvalue weighted by molar-refractivity contribution is -0.150. The fourth-order valence-corrected chi connectivity index (χ4v) is 2.39. The molecule has 0 bridgehead atoms. The van der Waals surface area contributed by atoms with E-state index in [2.05, 4.69) is 5.32 Å². The van der Waals surface area contributed by atoms with E-state index in [-0.39, 0.29) is 29.2 Å². The minimum absolute atomic E-state index is 0.0426. The summed E-state index contributed by atoms with van der Waals surface area (Å²) in [6, 6.07) is 6.10. The van der Waals surface area contributed by atoms with Crippen LogP contribution in [-0.2, 0) is 30.8 Å². The van der Waals surface area contributed by atoms with Crippen LogP contribution in [0.2, 0.25) is 0 Å². The number of sulfonamides is 1. The first-order valence-electron chi connectivity index (χ1n) is 7.51. The van der Waals surface area contributed by atoms with Gasteiger partial charge in [-0.15, -0.1) is 0 Å². The van der Waals surface area contributed by atoms with Gasteiger partial charge >= 0.3 is 5.97 Å². The molecule has 0 aliphatic heterocycles. The molecule has 7 nitrogen and oxygen atoms in total. The highest BCUT2D eigenvalue weighted by molar-refractivity contribution is 7.89. The quantitative estimate of drug-likeness (QED) is 0.706. The van der Waals surface area contributed by atoms with Gasteiger partial charge in [-0.25, -0.2) is 13.6 Å². The Hall–Kier alpha value is -1.93. The van der Waals surface area contributed by atoms with Crippen LogP contribution < -0.4 is 10.5 Å². The van der Waals surface area contributed by atoms with Gasteiger partial charge in [-0.2, -0.15) is 0 Å². The number of primary sulfonamides is 1. The van der Waals surface area contributed by atoms with E-state index in [9.17, 15) is 18.0 Å². The van der Waals surface area contributed by atoms with Crippen molar-refractivity contribution in [3.05, 3.63) is 29.8 Å². The van der Waals surface area contributed by atoms with Crippen LogP contribution in [0, 0.1) is 5.41 Å². The van der Waals surface area contributed by atoms with E-state index in [1.54, 1.807) is 12.1 Å². The zero-order chi connectivity index (χ0) is 18.4. The Balaban J connectivity index is 2.32. The molecule has 0 heterocycles. The molecule has 8 heteroatoms. The topological polar surface area (TPSA) is 116 Å². The molecule has 24 heavy (non-hydrogen) atoms. The standard InChI is InChI=1S/C16H24N2O5S/c1-16(2,3)10-15(20)23-11-14(19)18-9-8-12-4-6-13(7-5-12)24(17,21)22/h4-7H,8-11H2,1-3H3,(H,18,19)(H2,17,21,22). The van der Waals surface area contributed by atoms with Crippen LogP contribution in [0.15, 0.2) is 29.2 Å². The molecule has 0 spiro atoms. The summed E-state index contributed by atoms with van der Waals surface area (Å²) in [4.78, 5) is 23.2. The highest BCUT2D eigenvalue weighted by Gasteiger charge is 2.17. The molecular formula is C16H24N2O5S. The Morgan fingerprint density at radius 2 is 1.75 bits per heavy atom. The molecule has 0 atom stereocenters. The van der Waals surface area contributed by atoms with Crippen molar-refractivity contribution in [1.29, 1.82) is 0 Å². The van der Waals surface area contributed by atoms with Crippen LogP contribution in [-0.4, -0.2) is 33.4 Å². The summed E-state index contributed by atoms with van der Waals surface area (Å²) in [6.07, 6.45) is 0.767. The van der Waals surface area contributed by atoms with Crippen molar-refractivity contribution in [3.8, 4) is 0 Å². The largest absolute Gasteiger partial charge is 0.456 e. The van der Waals surface area contributed by atoms with Crippen molar-refractivity contribution >= 4 is 21.9 Å². The normalized spacial score (nSPS) is 11.8. The maximum absolute atomic E-state index is 11.6. The number of hydrogen-bond donors (Lipinski definition) is 2. The van der Waals surface area contributed by atoms with Crippen molar-refractivity contribution in [3.63, 3.8) is 0 Å². The van der Waals surface area contributed by atoms with E-state index in [0.29, 0.717) is 13.0 Å². The summed E-state index contributed by atoms with van der Waals surface area (Å²) in [5, 5.41) is 7.65. The molecule has 134 valence electrons. The van der Waals surface area contributed by atoms with Crippen molar-refractivity contribution < 1.29 is 22.7 Å². The smallest absolute Gasteiger partial charge is 0.306 e. The highest BCUT2D eigenvalue weighted by atomic mass is 32.2. The monoisotopic (exact) mass is 356 g/mol. The summed E-state index contributed by atoms with van der Waals surface area (Å²) >= 11 is 0. The molecular weight excluding hydrogens is 332 g/mol. The fourth-order valence-electron chi connectivity index (χ4n) is 1.87. The fraction of sp³-hybridized carbons (Fsp3) is 0.500. The summed E-state index contributed by atoms with van der Waals surface area (Å²) in [5.41, 5.74) is 0.670. The van der Waals surface area contributed by atoms with Gasteiger partial charge in [0.25, 0.3) is 5.91 Å². The Labute approximate surface area is 142 Å². The van der Waals surface area contributed by atoms with Gasteiger partial charge in [0.15, 0.2) is 6.61 Å². The van der Waals surface area contributed by atoms with Gasteiger partial charge in [-0.1, -0.05) is 32.9 Å². The molecule has 1 aromatic rings. The van der Waals surface area contributed by atoms with Gasteiger partial charge in [0, 0.05) is 6.54 Å². The van der Waals surface area contributed by atoms with Crippen LogP contribution in [0.5, 0.6) is 0 Å². The first-order chi connectivity index (χ1) is 11.0. The lowest BCUT2D eigenvalue weighted by Crippen LogP contribution is -2.31. The molecule has 0 radical (unpaired) electrons. The van der Waals surface area contributed by atoms with Crippen LogP contribution >= 0.6 is 0 Å². The Bertz CT molecular complexity index is 675. The molecule has 0 saturated heterocycles. The zero-order valence-electron chi connectivity index (χ0n) is 14.2. The predicted molar refractivity (Wildman–Crippen MR) is 89.6 cm³/mol. The average molecular weight is 356 g/mol. The lowest BCUT2D eigenvalue weighted by Gasteiger charge is -2.16. The number of esters is 1. The van der Waals surface area contributed by atoms with Crippen LogP contribution in [0.25, 0.3) is 0 Å². The third-order valence-electron chi connectivity index (χ3n) is 3.03. The maximum atomic E-state index is 11.6. The number of nitrogens with two attached hydrogens (primary N) is 1. The van der Waals surface area contributed by atoms with Crippen molar-refractivity contribution in [2.45, 2.75) is 38.5 Å². The number of benzene rings is 1. The third-order valence-corrected chi connectivity index (χ3v) is 3.96. The van der Waals surface area contributed by atoms with Gasteiger partial charge in [0.2, 0.25) is 10.0 Å². The Morgan fingerprint density at radius 3 is 2.25 bits per heavy atom. The number of nitrogens with one attached hydrogen (secondary N) is 1. The first kappa shape index (κ1) is 20.1. The molecule has 3 N–H and O–H groups in total. The summed E-state index contributed by atoms with van der Waals surface area (Å²) in [5.74, 6) is -0.783. The number of carbonyl (C=O) groups excluding carboxylic acids is 2. The predicted octanol–water partition coefficient (Wildman–Crippen LogP) is 0.972. The van der Waals surface area contributed by atoms with Gasteiger partial charge in [0.1, 0.15) is 0 Å². The second-order valence-corrected chi connectivity index (χ2v) is 8.25. The van der Waals surface area contributed by atoms with Crippen LogP contribution in [0.3, 0.4) is 0 Å². The van der Waals surface area contributed by atoms with Gasteiger partial charge < -0.3 is 10.1 Å². The van der Waals surface area contributed by atoms with Crippen molar-refractivity contribution in [2.75, 3.05) is 13.2 Å². The second kappa shape index (κ2) is 8.25. The van der Waals surface area contributed by atoms with Crippen LogP contribution in [0.1, 0.15) is 32.8 Å². The van der Waals surface area contributed by atoms with E-state index in [1.165, 1.54) is 12.1 Å². The Morgan fingerprint density at radius 1 is 1.17 bits per heavy atom. The van der Waals surface area contributed by atoms with E-state index in [4.69, 9.17) is 9.88 Å². The minimum atomic E-state index is -3.70. The van der Waals surface area contributed by atoms with Gasteiger partial charge in [-0.3, -0.25) is 9.59 Å². The number of amides is 1. The summed E-state index contributed by atoms with van der Waals surface area (Å²) in [7, 11) is -3.70. The van der Waals surface area contributed by atoms with Gasteiger partial charge in [-0.05, 0) is 29.5 Å². The molecule has 0 saturated carbocycles. The highest BCUT2D eigenvalue weighted by Crippen LogP contribution is 2.18. The minimum Gasteiger partial charge on any atom is -0.456 e. The molecule has 0 unspecified atom stereocenters. The lowest BCUT2D eigenvalue weighted by atomic mass is 9.93. The second-order valence-electron chi connectivity index (χ2n) is 6.69. The van der Waals surface area contributed by atoms with Gasteiger partial charge in [0.05, 0.1) is 11.3 Å². The average Bonchev–Trinajstić information content (AvgIpc) is 2.43. The molecule has 1 amide bonds. The molecule has 1 aromatic carbocycles. The van der Waals surface area contributed by atoms with E-state index in [1.807, 2.05) is 20.8 Å². The third kappa shape index (κ3) is 8.07. The number of hydrogen-bond acceptors (Lipinski definition) is 5. The van der Waals surface area contributed by atoms with Crippen molar-refractivity contribution in [1.82, 2.24) is 5.32 Å². The molecule has 0 fully saturated rings. The number of carbonyl (C=O) groups is 2. The molecule has 1 rings (SSSR count). The van der Waals surface area contributed by atoms with Crippen LogP contribution in [0.4, 0.5) is 0 Å². The number of rotatable bonds is 7. The van der Waals surface area contributed by atoms with Crippen molar-refractivity contribution in [2.24, 2.45) is 10.6 Å². The maximum Gasteiger partial charge on any atom is 0.306 e. The summed E-state index contributed by atoms with van der Waals surface area (Å²) in [6.45, 7) is 5.78. The molecule has 0 aliphatic rings. The number of ether oxygens (including phenoxy) is 1. The van der Waals surface area contributed by atoms with E-state index in [0.717, 1.165) is 5.56 Å². The molecule has 0 aromatic heterocycles. The first-order valence-corrected chi connectivity index (χ1v) is 9.06. The van der Waals surface area contributed by atoms with E-state index >= 15 is 0 Å².